The van der Waals surface area contributed by atoms with Gasteiger partial charge in [-0.25, -0.2) is 4.98 Å². The second-order valence-electron chi connectivity index (χ2n) is 6.38. The molecule has 0 fully saturated rings. The fourth-order valence-corrected chi connectivity index (χ4v) is 2.99. The zero-order valence-corrected chi connectivity index (χ0v) is 15.3. The summed E-state index contributed by atoms with van der Waals surface area (Å²) >= 11 is 0. The molecular formula is C19H16F3N7. The maximum absolute atomic E-state index is 13.5. The van der Waals surface area contributed by atoms with Crippen LogP contribution in [0.3, 0.4) is 0 Å². The number of imidazole rings is 1. The first-order valence-electron chi connectivity index (χ1n) is 8.67. The number of para-hydroxylation sites is 3. The lowest BCUT2D eigenvalue weighted by molar-refractivity contribution is -0.146. The number of nitrogens with one attached hydrogen (secondary N) is 1. The van der Waals surface area contributed by atoms with Gasteiger partial charge in [0, 0.05) is 5.69 Å². The summed E-state index contributed by atoms with van der Waals surface area (Å²) in [5.74, 6) is -0.878. The molecule has 3 N–H and O–H groups in total. The molecule has 29 heavy (non-hydrogen) atoms. The van der Waals surface area contributed by atoms with E-state index in [-0.39, 0.29) is 29.8 Å². The highest BCUT2D eigenvalue weighted by Gasteiger charge is 2.37. The Labute approximate surface area is 163 Å². The van der Waals surface area contributed by atoms with Crippen LogP contribution in [0.1, 0.15) is 17.2 Å². The topological polar surface area (TPSA) is 94.5 Å². The molecule has 2 aromatic heterocycles. The second-order valence-corrected chi connectivity index (χ2v) is 6.38. The van der Waals surface area contributed by atoms with Crippen molar-refractivity contribution < 1.29 is 13.2 Å². The van der Waals surface area contributed by atoms with Gasteiger partial charge in [-0.1, -0.05) is 30.3 Å². The average molecular weight is 399 g/mol. The van der Waals surface area contributed by atoms with E-state index in [1.165, 1.54) is 6.07 Å². The summed E-state index contributed by atoms with van der Waals surface area (Å²) in [5.41, 5.74) is 8.04. The van der Waals surface area contributed by atoms with Crippen LogP contribution in [0.5, 0.6) is 0 Å². The van der Waals surface area contributed by atoms with Crippen molar-refractivity contribution in [2.45, 2.75) is 19.6 Å². The van der Waals surface area contributed by atoms with E-state index in [4.69, 9.17) is 5.73 Å². The van der Waals surface area contributed by atoms with Crippen LogP contribution in [0.2, 0.25) is 0 Å². The first-order chi connectivity index (χ1) is 13.8. The number of hydrogen-bond acceptors (Lipinski definition) is 6. The number of aromatic nitrogens is 5. The molecule has 0 spiro atoms. The number of rotatable bonds is 4. The number of nitrogens with two attached hydrogens (primary N) is 1. The molecule has 2 aromatic carbocycles. The van der Waals surface area contributed by atoms with Crippen molar-refractivity contribution in [1.29, 1.82) is 0 Å². The van der Waals surface area contributed by atoms with Gasteiger partial charge in [-0.2, -0.15) is 28.1 Å². The fraction of sp³-hybridized carbons (Fsp3) is 0.158. The third-order valence-electron chi connectivity index (χ3n) is 4.30. The van der Waals surface area contributed by atoms with Crippen LogP contribution in [0.25, 0.3) is 11.0 Å². The summed E-state index contributed by atoms with van der Waals surface area (Å²) in [6.07, 6.45) is -4.63. The number of nitrogen functional groups attached to an aromatic ring is 1. The molecule has 2 heterocycles. The van der Waals surface area contributed by atoms with Gasteiger partial charge >= 0.3 is 6.18 Å². The number of benzene rings is 2. The highest BCUT2D eigenvalue weighted by Crippen LogP contribution is 2.32. The molecule has 0 saturated carbocycles. The van der Waals surface area contributed by atoms with Crippen LogP contribution < -0.4 is 11.1 Å². The van der Waals surface area contributed by atoms with Crippen LogP contribution >= 0.6 is 0 Å². The number of halogens is 3. The van der Waals surface area contributed by atoms with Gasteiger partial charge < -0.3 is 15.6 Å². The van der Waals surface area contributed by atoms with Crippen LogP contribution in [-0.2, 0) is 12.7 Å². The standard InChI is InChI=1S/C19H16F3N7/c1-11-6-2-3-7-12(11)25-18-27-15(26-17(23)28-18)10-29-14-9-5-4-8-13(14)24-16(29)19(20,21)22/h2-9H,10H2,1H3,(H3,23,25,26,27,28). The summed E-state index contributed by atoms with van der Waals surface area (Å²) in [4.78, 5) is 16.0. The van der Waals surface area contributed by atoms with Crippen LogP contribution in [0.4, 0.5) is 30.8 Å². The highest BCUT2D eigenvalue weighted by molar-refractivity contribution is 5.76. The Morgan fingerprint density at radius 2 is 1.69 bits per heavy atom. The molecule has 0 bridgehead atoms. The minimum Gasteiger partial charge on any atom is -0.368 e. The number of fused-ring (bicyclic) bond motifs is 1. The molecule has 10 heteroatoms. The smallest absolute Gasteiger partial charge is 0.368 e. The van der Waals surface area contributed by atoms with Gasteiger partial charge in [-0.05, 0) is 30.7 Å². The third kappa shape index (κ3) is 3.82. The first-order valence-corrected chi connectivity index (χ1v) is 8.67. The van der Waals surface area contributed by atoms with Crippen LogP contribution in [0.15, 0.2) is 48.5 Å². The van der Waals surface area contributed by atoms with Gasteiger partial charge in [0.25, 0.3) is 0 Å². The SMILES string of the molecule is Cc1ccccc1Nc1nc(N)nc(Cn2c(C(F)(F)F)nc3ccccc32)n1. The predicted molar refractivity (Wildman–Crippen MR) is 103 cm³/mol. The van der Waals surface area contributed by atoms with Crippen molar-refractivity contribution >= 4 is 28.6 Å². The van der Waals surface area contributed by atoms with Gasteiger partial charge in [0.15, 0.2) is 5.82 Å². The Kier molecular flexibility index (Phi) is 4.53. The summed E-state index contributed by atoms with van der Waals surface area (Å²) < 4.78 is 41.5. The Bertz CT molecular complexity index is 1180. The second kappa shape index (κ2) is 7.04. The van der Waals surface area contributed by atoms with E-state index in [9.17, 15) is 13.2 Å². The van der Waals surface area contributed by atoms with E-state index in [1.54, 1.807) is 18.2 Å². The molecule has 0 amide bonds. The molecule has 148 valence electrons. The van der Waals surface area contributed by atoms with Crippen LogP contribution in [-0.4, -0.2) is 24.5 Å². The molecule has 0 atom stereocenters. The van der Waals surface area contributed by atoms with Gasteiger partial charge in [0.1, 0.15) is 0 Å². The molecule has 0 aliphatic rings. The zero-order chi connectivity index (χ0) is 20.6. The summed E-state index contributed by atoms with van der Waals surface area (Å²) in [7, 11) is 0. The minimum absolute atomic E-state index is 0.0854. The molecule has 0 saturated heterocycles. The van der Waals surface area contributed by atoms with E-state index in [1.807, 2.05) is 31.2 Å². The minimum atomic E-state index is -4.63. The van der Waals surface area contributed by atoms with Gasteiger partial charge in [-0.3, -0.25) is 0 Å². The van der Waals surface area contributed by atoms with Crippen molar-refractivity contribution in [3.05, 3.63) is 65.7 Å². The molecule has 0 aliphatic carbocycles. The molecule has 0 unspecified atom stereocenters. The maximum Gasteiger partial charge on any atom is 0.449 e. The average Bonchev–Trinajstić information content (AvgIpc) is 3.02. The largest absolute Gasteiger partial charge is 0.449 e. The molecule has 4 aromatic rings. The summed E-state index contributed by atoms with van der Waals surface area (Å²) in [6.45, 7) is 1.64. The van der Waals surface area contributed by atoms with E-state index in [2.05, 4.69) is 25.3 Å². The number of anilines is 3. The van der Waals surface area contributed by atoms with Crippen molar-refractivity contribution in [1.82, 2.24) is 24.5 Å². The van der Waals surface area contributed by atoms with E-state index in [0.717, 1.165) is 15.8 Å². The van der Waals surface area contributed by atoms with Gasteiger partial charge in [-0.15, -0.1) is 0 Å². The Morgan fingerprint density at radius 3 is 2.45 bits per heavy atom. The van der Waals surface area contributed by atoms with Gasteiger partial charge in [0.2, 0.25) is 17.7 Å². The highest BCUT2D eigenvalue weighted by atomic mass is 19.4. The zero-order valence-electron chi connectivity index (χ0n) is 15.3. The Balaban J connectivity index is 1.74. The third-order valence-corrected chi connectivity index (χ3v) is 4.30. The number of alkyl halides is 3. The summed E-state index contributed by atoms with van der Waals surface area (Å²) in [6, 6.07) is 13.8. The monoisotopic (exact) mass is 399 g/mol. The molecule has 7 nitrogen and oxygen atoms in total. The summed E-state index contributed by atoms with van der Waals surface area (Å²) in [5, 5.41) is 3.03. The van der Waals surface area contributed by atoms with Crippen molar-refractivity contribution in [3.8, 4) is 0 Å². The molecule has 4 rings (SSSR count). The maximum atomic E-state index is 13.5. The number of nitrogens with zero attached hydrogens (tertiary/aromatic N) is 5. The lowest BCUT2D eigenvalue weighted by Gasteiger charge is -2.12. The molecule has 0 radical (unpaired) electrons. The van der Waals surface area contributed by atoms with Crippen molar-refractivity contribution in [3.63, 3.8) is 0 Å². The van der Waals surface area contributed by atoms with E-state index < -0.39 is 12.0 Å². The number of hydrogen-bond donors (Lipinski definition) is 2. The first kappa shape index (κ1) is 18.7. The van der Waals surface area contributed by atoms with E-state index in [0.29, 0.717) is 5.52 Å². The normalized spacial score (nSPS) is 11.7. The lowest BCUT2D eigenvalue weighted by atomic mass is 10.2. The quantitative estimate of drug-likeness (QED) is 0.540. The van der Waals surface area contributed by atoms with Crippen LogP contribution in [0, 0.1) is 6.92 Å². The predicted octanol–water partition coefficient (Wildman–Crippen LogP) is 3.92. The molecular weight excluding hydrogens is 383 g/mol. The number of aryl methyl sites for hydroxylation is 1. The van der Waals surface area contributed by atoms with Gasteiger partial charge in [0.05, 0.1) is 17.6 Å². The van der Waals surface area contributed by atoms with Crippen molar-refractivity contribution in [2.75, 3.05) is 11.1 Å². The molecule has 0 aliphatic heterocycles. The lowest BCUT2D eigenvalue weighted by Crippen LogP contribution is -2.17. The van der Waals surface area contributed by atoms with E-state index >= 15 is 0 Å². The Morgan fingerprint density at radius 1 is 0.966 bits per heavy atom. The Hall–Kier alpha value is -3.69. The van der Waals surface area contributed by atoms with Crippen molar-refractivity contribution in [2.24, 2.45) is 0 Å². The fourth-order valence-electron chi connectivity index (χ4n) is 2.99.